The van der Waals surface area contributed by atoms with Gasteiger partial charge in [-0.3, -0.25) is 4.79 Å². The topological polar surface area (TPSA) is 56.1 Å². The maximum atomic E-state index is 13.0. The van der Waals surface area contributed by atoms with E-state index in [2.05, 4.69) is 5.32 Å². The van der Waals surface area contributed by atoms with E-state index in [1.54, 1.807) is 4.90 Å². The van der Waals surface area contributed by atoms with Crippen LogP contribution in [0.4, 0.5) is 24.5 Å². The molecule has 1 aliphatic rings. The van der Waals surface area contributed by atoms with E-state index in [-0.39, 0.29) is 11.3 Å². The number of carbonyl (C=O) groups is 1. The second-order valence-corrected chi connectivity index (χ2v) is 6.63. The Morgan fingerprint density at radius 1 is 1.25 bits per heavy atom. The summed E-state index contributed by atoms with van der Waals surface area (Å²) in [6.45, 7) is 0.634. The Hall–Kier alpha value is -2.98. The van der Waals surface area contributed by atoms with Crippen molar-refractivity contribution in [3.63, 3.8) is 0 Å². The van der Waals surface area contributed by atoms with Crippen LogP contribution in [0.3, 0.4) is 0 Å². The van der Waals surface area contributed by atoms with Gasteiger partial charge >= 0.3 is 6.18 Å². The number of aryl methyl sites for hydroxylation is 1. The minimum Gasteiger partial charge on any atom is -0.346 e. The zero-order valence-corrected chi connectivity index (χ0v) is 15.3. The molecule has 144 valence electrons. The third-order valence-corrected chi connectivity index (χ3v) is 4.66. The Morgan fingerprint density at radius 2 is 2.00 bits per heavy atom. The molecule has 0 aliphatic carbocycles. The Kier molecular flexibility index (Phi) is 5.61. The fourth-order valence-corrected chi connectivity index (χ4v) is 3.23. The summed E-state index contributed by atoms with van der Waals surface area (Å²) in [5.41, 5.74) is 0.650. The van der Waals surface area contributed by atoms with Crippen LogP contribution in [-0.4, -0.2) is 12.5 Å². The van der Waals surface area contributed by atoms with Crippen molar-refractivity contribution in [3.05, 3.63) is 70.4 Å². The number of para-hydroxylation sites is 1. The second kappa shape index (κ2) is 7.95. The van der Waals surface area contributed by atoms with Gasteiger partial charge in [-0.2, -0.15) is 18.4 Å². The average molecular weight is 406 g/mol. The Labute approximate surface area is 164 Å². The molecule has 1 amide bonds. The van der Waals surface area contributed by atoms with E-state index in [0.29, 0.717) is 6.54 Å². The van der Waals surface area contributed by atoms with Crippen molar-refractivity contribution in [1.82, 2.24) is 0 Å². The molecule has 0 radical (unpaired) electrons. The van der Waals surface area contributed by atoms with Gasteiger partial charge in [-0.15, -0.1) is 0 Å². The molecule has 1 N–H and O–H groups in total. The summed E-state index contributed by atoms with van der Waals surface area (Å²) in [7, 11) is 0. The number of alkyl halides is 3. The second-order valence-electron chi connectivity index (χ2n) is 6.23. The first-order valence-corrected chi connectivity index (χ1v) is 8.82. The van der Waals surface area contributed by atoms with E-state index in [1.807, 2.05) is 30.3 Å². The number of benzene rings is 2. The molecule has 28 heavy (non-hydrogen) atoms. The van der Waals surface area contributed by atoms with Crippen LogP contribution >= 0.6 is 11.6 Å². The summed E-state index contributed by atoms with van der Waals surface area (Å²) in [5.74, 6) is -0.791. The van der Waals surface area contributed by atoms with E-state index in [0.717, 1.165) is 36.2 Å². The molecule has 0 saturated carbocycles. The number of halogens is 4. The van der Waals surface area contributed by atoms with Gasteiger partial charge in [0.1, 0.15) is 11.6 Å². The standard InChI is InChI=1S/C20H15ClF3N3O/c21-17-8-7-15(10-16(17)20(22,23)24)26-19(28)14(11-25)12-27-9-3-5-13-4-1-2-6-18(13)27/h1-2,4,6-8,10,12H,3,5,9H2,(H,26,28)/b14-12-. The van der Waals surface area contributed by atoms with Gasteiger partial charge in [0.25, 0.3) is 5.91 Å². The van der Waals surface area contributed by atoms with Gasteiger partial charge in [0.15, 0.2) is 0 Å². The molecule has 0 spiro atoms. The average Bonchev–Trinajstić information content (AvgIpc) is 2.66. The van der Waals surface area contributed by atoms with Gasteiger partial charge in [-0.25, -0.2) is 0 Å². The molecular formula is C20H15ClF3N3O. The smallest absolute Gasteiger partial charge is 0.346 e. The summed E-state index contributed by atoms with van der Waals surface area (Å²) in [5, 5.41) is 11.2. The number of fused-ring (bicyclic) bond motifs is 1. The Balaban J connectivity index is 1.84. The van der Waals surface area contributed by atoms with Crippen LogP contribution in [0.25, 0.3) is 0 Å². The summed E-state index contributed by atoms with van der Waals surface area (Å²) in [4.78, 5) is 14.2. The first-order chi connectivity index (χ1) is 13.3. The SMILES string of the molecule is N#C/C(=C/N1CCCc2ccccc21)C(=O)Nc1ccc(Cl)c(C(F)(F)F)c1. The van der Waals surface area contributed by atoms with Gasteiger partial charge in [0.05, 0.1) is 10.6 Å². The zero-order valence-electron chi connectivity index (χ0n) is 14.6. The lowest BCUT2D eigenvalue weighted by molar-refractivity contribution is -0.137. The monoisotopic (exact) mass is 405 g/mol. The van der Waals surface area contributed by atoms with Crippen LogP contribution in [0.1, 0.15) is 17.5 Å². The summed E-state index contributed by atoms with van der Waals surface area (Å²) < 4.78 is 38.9. The minimum atomic E-state index is -4.65. The van der Waals surface area contributed by atoms with Crippen molar-refractivity contribution in [2.45, 2.75) is 19.0 Å². The molecule has 0 fully saturated rings. The number of anilines is 2. The van der Waals surface area contributed by atoms with Crippen molar-refractivity contribution in [1.29, 1.82) is 5.26 Å². The lowest BCUT2D eigenvalue weighted by atomic mass is 10.0. The molecule has 0 aromatic heterocycles. The first-order valence-electron chi connectivity index (χ1n) is 8.44. The highest BCUT2D eigenvalue weighted by Gasteiger charge is 2.33. The number of nitrogens with one attached hydrogen (secondary N) is 1. The lowest BCUT2D eigenvalue weighted by Gasteiger charge is -2.28. The highest BCUT2D eigenvalue weighted by molar-refractivity contribution is 6.31. The van der Waals surface area contributed by atoms with Gasteiger partial charge in [-0.05, 0) is 42.7 Å². The van der Waals surface area contributed by atoms with Crippen molar-refractivity contribution in [3.8, 4) is 6.07 Å². The largest absolute Gasteiger partial charge is 0.417 e. The molecule has 2 aromatic carbocycles. The predicted molar refractivity (Wildman–Crippen MR) is 101 cm³/mol. The van der Waals surface area contributed by atoms with Crippen molar-refractivity contribution in [2.75, 3.05) is 16.8 Å². The molecule has 0 unspecified atom stereocenters. The Bertz CT molecular complexity index is 979. The summed E-state index contributed by atoms with van der Waals surface area (Å²) in [6.07, 6.45) is -1.46. The number of amides is 1. The predicted octanol–water partition coefficient (Wildman–Crippen LogP) is 5.16. The zero-order chi connectivity index (χ0) is 20.3. The molecule has 3 rings (SSSR count). The fourth-order valence-electron chi connectivity index (χ4n) is 3.01. The van der Waals surface area contributed by atoms with E-state index < -0.39 is 22.7 Å². The van der Waals surface area contributed by atoms with Crippen molar-refractivity contribution < 1.29 is 18.0 Å². The highest BCUT2D eigenvalue weighted by Crippen LogP contribution is 2.36. The van der Waals surface area contributed by atoms with Crippen LogP contribution in [0.15, 0.2) is 54.2 Å². The van der Waals surface area contributed by atoms with E-state index in [4.69, 9.17) is 11.6 Å². The summed E-state index contributed by atoms with van der Waals surface area (Å²) in [6, 6.07) is 12.5. The molecule has 8 heteroatoms. The first kappa shape index (κ1) is 19.8. The number of hydrogen-bond acceptors (Lipinski definition) is 3. The molecular weight excluding hydrogens is 391 g/mol. The third-order valence-electron chi connectivity index (χ3n) is 4.33. The summed E-state index contributed by atoms with van der Waals surface area (Å²) >= 11 is 5.58. The van der Waals surface area contributed by atoms with E-state index >= 15 is 0 Å². The third kappa shape index (κ3) is 4.29. The fraction of sp³-hybridized carbons (Fsp3) is 0.200. The van der Waals surface area contributed by atoms with Crippen LogP contribution in [0, 0.1) is 11.3 Å². The van der Waals surface area contributed by atoms with Crippen molar-refractivity contribution >= 4 is 28.9 Å². The van der Waals surface area contributed by atoms with Crippen LogP contribution in [-0.2, 0) is 17.4 Å². The van der Waals surface area contributed by atoms with E-state index in [1.165, 1.54) is 12.3 Å². The highest BCUT2D eigenvalue weighted by atomic mass is 35.5. The molecule has 4 nitrogen and oxygen atoms in total. The quantitative estimate of drug-likeness (QED) is 0.567. The number of nitrogens with zero attached hydrogens (tertiary/aromatic N) is 2. The molecule has 1 heterocycles. The van der Waals surface area contributed by atoms with Crippen LogP contribution in [0.2, 0.25) is 5.02 Å². The molecule has 1 aliphatic heterocycles. The number of nitriles is 1. The maximum Gasteiger partial charge on any atom is 0.417 e. The number of hydrogen-bond donors (Lipinski definition) is 1. The molecule has 0 saturated heterocycles. The van der Waals surface area contributed by atoms with Gasteiger partial charge in [0.2, 0.25) is 0 Å². The van der Waals surface area contributed by atoms with Gasteiger partial charge in [0, 0.05) is 24.1 Å². The van der Waals surface area contributed by atoms with Gasteiger partial charge in [-0.1, -0.05) is 29.8 Å². The number of carbonyl (C=O) groups excluding carboxylic acids is 1. The van der Waals surface area contributed by atoms with Crippen LogP contribution < -0.4 is 10.2 Å². The minimum absolute atomic E-state index is 0.0954. The number of rotatable bonds is 3. The van der Waals surface area contributed by atoms with Crippen LogP contribution in [0.5, 0.6) is 0 Å². The van der Waals surface area contributed by atoms with Crippen molar-refractivity contribution in [2.24, 2.45) is 0 Å². The molecule has 0 bridgehead atoms. The normalized spacial score (nSPS) is 14.2. The maximum absolute atomic E-state index is 13.0. The Morgan fingerprint density at radius 3 is 2.71 bits per heavy atom. The lowest BCUT2D eigenvalue weighted by Crippen LogP contribution is -2.26. The van der Waals surface area contributed by atoms with E-state index in [9.17, 15) is 23.2 Å². The van der Waals surface area contributed by atoms with Gasteiger partial charge < -0.3 is 10.2 Å². The molecule has 0 atom stereocenters. The molecule has 2 aromatic rings.